The van der Waals surface area contributed by atoms with E-state index in [1.807, 2.05) is 0 Å². The lowest BCUT2D eigenvalue weighted by atomic mass is 9.77. The average Bonchev–Trinajstić information content (AvgIpc) is 2.06. The summed E-state index contributed by atoms with van der Waals surface area (Å²) in [7, 11) is 0. The SMILES string of the molecule is NC(c1cc(Br)ccc1F)C1CCC1. The molecule has 0 bridgehead atoms. The van der Waals surface area contributed by atoms with Gasteiger partial charge in [0.15, 0.2) is 0 Å². The van der Waals surface area contributed by atoms with Crippen molar-refractivity contribution in [2.45, 2.75) is 25.3 Å². The third-order valence-corrected chi connectivity index (χ3v) is 3.47. The zero-order valence-corrected chi connectivity index (χ0v) is 9.43. The lowest BCUT2D eigenvalue weighted by Gasteiger charge is -2.31. The highest BCUT2D eigenvalue weighted by molar-refractivity contribution is 9.10. The van der Waals surface area contributed by atoms with E-state index in [1.165, 1.54) is 12.5 Å². The van der Waals surface area contributed by atoms with E-state index in [0.717, 1.165) is 17.3 Å². The minimum absolute atomic E-state index is 0.138. The van der Waals surface area contributed by atoms with Crippen LogP contribution in [0.5, 0.6) is 0 Å². The van der Waals surface area contributed by atoms with Crippen LogP contribution in [0.4, 0.5) is 4.39 Å². The molecule has 0 aromatic heterocycles. The van der Waals surface area contributed by atoms with Gasteiger partial charge in [-0.15, -0.1) is 0 Å². The zero-order chi connectivity index (χ0) is 10.1. The first-order chi connectivity index (χ1) is 6.68. The van der Waals surface area contributed by atoms with Crippen molar-refractivity contribution < 1.29 is 4.39 Å². The Morgan fingerprint density at radius 1 is 1.43 bits per heavy atom. The first-order valence-electron chi connectivity index (χ1n) is 4.89. The maximum atomic E-state index is 13.4. The monoisotopic (exact) mass is 257 g/mol. The van der Waals surface area contributed by atoms with Crippen LogP contribution in [0.25, 0.3) is 0 Å². The number of hydrogen-bond acceptors (Lipinski definition) is 1. The number of halogens is 2. The van der Waals surface area contributed by atoms with E-state index in [-0.39, 0.29) is 11.9 Å². The summed E-state index contributed by atoms with van der Waals surface area (Å²) in [6.45, 7) is 0. The summed E-state index contributed by atoms with van der Waals surface area (Å²) in [6, 6.07) is 4.82. The van der Waals surface area contributed by atoms with E-state index < -0.39 is 0 Å². The van der Waals surface area contributed by atoms with E-state index in [4.69, 9.17) is 5.73 Å². The highest BCUT2D eigenvalue weighted by Gasteiger charge is 2.27. The molecule has 3 heteroatoms. The molecule has 0 aliphatic heterocycles. The maximum absolute atomic E-state index is 13.4. The first-order valence-corrected chi connectivity index (χ1v) is 5.68. The van der Waals surface area contributed by atoms with Gasteiger partial charge in [-0.3, -0.25) is 0 Å². The van der Waals surface area contributed by atoms with Crippen molar-refractivity contribution in [3.05, 3.63) is 34.1 Å². The van der Waals surface area contributed by atoms with Gasteiger partial charge in [-0.2, -0.15) is 0 Å². The van der Waals surface area contributed by atoms with Crippen LogP contribution in [0.2, 0.25) is 0 Å². The Hall–Kier alpha value is -0.410. The number of benzene rings is 1. The van der Waals surface area contributed by atoms with Crippen LogP contribution in [0.3, 0.4) is 0 Å². The molecule has 1 saturated carbocycles. The number of nitrogens with two attached hydrogens (primary N) is 1. The van der Waals surface area contributed by atoms with Gasteiger partial charge in [-0.25, -0.2) is 4.39 Å². The Morgan fingerprint density at radius 2 is 2.14 bits per heavy atom. The Kier molecular flexibility index (Phi) is 2.88. The van der Waals surface area contributed by atoms with Crippen LogP contribution in [-0.2, 0) is 0 Å². The summed E-state index contributed by atoms with van der Waals surface area (Å²) in [5.74, 6) is 0.284. The molecule has 0 heterocycles. The maximum Gasteiger partial charge on any atom is 0.128 e. The zero-order valence-electron chi connectivity index (χ0n) is 7.84. The summed E-state index contributed by atoms with van der Waals surface area (Å²) in [5.41, 5.74) is 6.65. The van der Waals surface area contributed by atoms with E-state index in [0.29, 0.717) is 11.5 Å². The summed E-state index contributed by atoms with van der Waals surface area (Å²) in [4.78, 5) is 0. The smallest absolute Gasteiger partial charge is 0.128 e. The molecule has 1 fully saturated rings. The molecule has 1 nitrogen and oxygen atoms in total. The molecule has 0 saturated heterocycles. The van der Waals surface area contributed by atoms with Crippen molar-refractivity contribution >= 4 is 15.9 Å². The summed E-state index contributed by atoms with van der Waals surface area (Å²) in [5, 5.41) is 0. The standard InChI is InChI=1S/C11H13BrFN/c12-8-4-5-10(13)9(6-8)11(14)7-2-1-3-7/h4-7,11H,1-3,14H2. The highest BCUT2D eigenvalue weighted by atomic mass is 79.9. The van der Waals surface area contributed by atoms with Crippen LogP contribution < -0.4 is 5.73 Å². The molecular weight excluding hydrogens is 245 g/mol. The number of rotatable bonds is 2. The molecule has 14 heavy (non-hydrogen) atoms. The van der Waals surface area contributed by atoms with E-state index in [1.54, 1.807) is 12.1 Å². The molecule has 1 unspecified atom stereocenters. The molecule has 1 aliphatic carbocycles. The topological polar surface area (TPSA) is 26.0 Å². The molecule has 2 N–H and O–H groups in total. The van der Waals surface area contributed by atoms with Gasteiger partial charge in [-0.1, -0.05) is 22.4 Å². The lowest BCUT2D eigenvalue weighted by Crippen LogP contribution is -2.27. The fourth-order valence-electron chi connectivity index (χ4n) is 1.82. The average molecular weight is 258 g/mol. The van der Waals surface area contributed by atoms with E-state index in [9.17, 15) is 4.39 Å². The van der Waals surface area contributed by atoms with Crippen molar-refractivity contribution in [3.63, 3.8) is 0 Å². The molecule has 0 radical (unpaired) electrons. The molecule has 1 atom stereocenters. The third kappa shape index (κ3) is 1.84. The van der Waals surface area contributed by atoms with Gasteiger partial charge >= 0.3 is 0 Å². The summed E-state index contributed by atoms with van der Waals surface area (Å²) < 4.78 is 14.3. The molecule has 0 amide bonds. The van der Waals surface area contributed by atoms with Gasteiger partial charge in [0.05, 0.1) is 0 Å². The fraction of sp³-hybridized carbons (Fsp3) is 0.455. The third-order valence-electron chi connectivity index (χ3n) is 2.97. The second kappa shape index (κ2) is 3.99. The number of hydrogen-bond donors (Lipinski definition) is 1. The molecule has 1 aliphatic rings. The Morgan fingerprint density at radius 3 is 2.71 bits per heavy atom. The highest BCUT2D eigenvalue weighted by Crippen LogP contribution is 2.37. The molecule has 1 aromatic rings. The molecule has 1 aromatic carbocycles. The molecule has 0 spiro atoms. The van der Waals surface area contributed by atoms with Gasteiger partial charge in [0.1, 0.15) is 5.82 Å². The van der Waals surface area contributed by atoms with Crippen LogP contribution in [0, 0.1) is 11.7 Å². The Labute approximate surface area is 91.6 Å². The largest absolute Gasteiger partial charge is 0.324 e. The normalized spacial score (nSPS) is 19.1. The van der Waals surface area contributed by atoms with Gasteiger partial charge in [0, 0.05) is 16.1 Å². The van der Waals surface area contributed by atoms with E-state index in [2.05, 4.69) is 15.9 Å². The van der Waals surface area contributed by atoms with Crippen molar-refractivity contribution in [2.24, 2.45) is 11.7 Å². The molecule has 2 rings (SSSR count). The van der Waals surface area contributed by atoms with Gasteiger partial charge in [0.2, 0.25) is 0 Å². The van der Waals surface area contributed by atoms with Crippen molar-refractivity contribution in [2.75, 3.05) is 0 Å². The van der Waals surface area contributed by atoms with E-state index >= 15 is 0 Å². The van der Waals surface area contributed by atoms with Crippen molar-refractivity contribution in [3.8, 4) is 0 Å². The first kappa shape index (κ1) is 10.1. The predicted molar refractivity (Wildman–Crippen MR) is 58.4 cm³/mol. The minimum Gasteiger partial charge on any atom is -0.324 e. The molecule has 76 valence electrons. The van der Waals surface area contributed by atoms with Gasteiger partial charge in [-0.05, 0) is 37.0 Å². The van der Waals surface area contributed by atoms with Crippen LogP contribution in [0.15, 0.2) is 22.7 Å². The Bertz CT molecular complexity index is 336. The summed E-state index contributed by atoms with van der Waals surface area (Å²) >= 11 is 3.33. The van der Waals surface area contributed by atoms with Crippen molar-refractivity contribution in [1.29, 1.82) is 0 Å². The van der Waals surface area contributed by atoms with Gasteiger partial charge in [0.25, 0.3) is 0 Å². The minimum atomic E-state index is -0.187. The predicted octanol–water partition coefficient (Wildman–Crippen LogP) is 3.39. The quantitative estimate of drug-likeness (QED) is 0.864. The van der Waals surface area contributed by atoms with Crippen LogP contribution in [0.1, 0.15) is 30.9 Å². The lowest BCUT2D eigenvalue weighted by molar-refractivity contribution is 0.260. The second-order valence-corrected chi connectivity index (χ2v) is 4.80. The molecular formula is C11H13BrFN. The Balaban J connectivity index is 2.24. The second-order valence-electron chi connectivity index (χ2n) is 3.88. The summed E-state index contributed by atoms with van der Waals surface area (Å²) in [6.07, 6.45) is 3.49. The van der Waals surface area contributed by atoms with Crippen LogP contribution >= 0.6 is 15.9 Å². The fourth-order valence-corrected chi connectivity index (χ4v) is 2.20. The van der Waals surface area contributed by atoms with Crippen LogP contribution in [-0.4, -0.2) is 0 Å². The van der Waals surface area contributed by atoms with Gasteiger partial charge < -0.3 is 5.73 Å². The van der Waals surface area contributed by atoms with Crippen molar-refractivity contribution in [1.82, 2.24) is 0 Å².